The molecule has 0 aromatic heterocycles. The maximum Gasteiger partial charge on any atom is 0.147 e. The highest BCUT2D eigenvalue weighted by Crippen LogP contribution is 2.47. The van der Waals surface area contributed by atoms with Crippen LogP contribution in [0.3, 0.4) is 0 Å². The Balaban J connectivity index is 2.34. The third-order valence-electron chi connectivity index (χ3n) is 4.05. The van der Waals surface area contributed by atoms with Crippen molar-refractivity contribution >= 4 is 0 Å². The van der Waals surface area contributed by atoms with Gasteiger partial charge in [0.2, 0.25) is 0 Å². The molecule has 0 amide bonds. The Labute approximate surface area is 90.8 Å². The van der Waals surface area contributed by atoms with Gasteiger partial charge in [-0.05, 0) is 27.7 Å². The summed E-state index contributed by atoms with van der Waals surface area (Å²) in [5, 5.41) is 0. The van der Waals surface area contributed by atoms with E-state index in [-0.39, 0.29) is 23.2 Å². The molecule has 2 aliphatic heterocycles. The van der Waals surface area contributed by atoms with Gasteiger partial charge >= 0.3 is 0 Å². The molecule has 4 nitrogen and oxygen atoms in total. The molecule has 0 N–H and O–H groups in total. The molecule has 4 heteroatoms. The Morgan fingerprint density at radius 1 is 1.00 bits per heavy atom. The van der Waals surface area contributed by atoms with E-state index in [4.69, 9.17) is 18.9 Å². The molecular weight excluding hydrogens is 196 g/mol. The zero-order valence-corrected chi connectivity index (χ0v) is 9.91. The van der Waals surface area contributed by atoms with E-state index in [1.165, 1.54) is 0 Å². The van der Waals surface area contributed by atoms with E-state index in [1.807, 2.05) is 0 Å². The lowest BCUT2D eigenvalue weighted by molar-refractivity contribution is -0.350. The van der Waals surface area contributed by atoms with Gasteiger partial charge in [0.25, 0.3) is 0 Å². The van der Waals surface area contributed by atoms with Crippen molar-refractivity contribution in [3.63, 3.8) is 0 Å². The van der Waals surface area contributed by atoms with Gasteiger partial charge in [-0.3, -0.25) is 0 Å². The van der Waals surface area contributed by atoms with Crippen LogP contribution in [0.2, 0.25) is 0 Å². The zero-order chi connectivity index (χ0) is 11.1. The van der Waals surface area contributed by atoms with Crippen LogP contribution < -0.4 is 0 Å². The molecule has 88 valence electrons. The molecule has 3 atom stereocenters. The second-order valence-corrected chi connectivity index (χ2v) is 4.90. The Morgan fingerprint density at radius 3 is 2.13 bits per heavy atom. The van der Waals surface area contributed by atoms with E-state index in [1.54, 1.807) is 0 Å². The highest BCUT2D eigenvalue weighted by atomic mass is 16.7. The van der Waals surface area contributed by atoms with Crippen molar-refractivity contribution in [2.45, 2.75) is 45.5 Å². The van der Waals surface area contributed by atoms with Gasteiger partial charge in [0.05, 0.1) is 29.8 Å². The van der Waals surface area contributed by atoms with Crippen LogP contribution in [-0.2, 0) is 18.9 Å². The van der Waals surface area contributed by atoms with Crippen molar-refractivity contribution in [1.29, 1.82) is 0 Å². The average molecular weight is 216 g/mol. The summed E-state index contributed by atoms with van der Waals surface area (Å²) in [4.78, 5) is 0. The van der Waals surface area contributed by atoms with E-state index in [9.17, 15) is 0 Å². The number of rotatable bonds is 0. The van der Waals surface area contributed by atoms with Crippen LogP contribution in [0, 0.1) is 5.41 Å². The van der Waals surface area contributed by atoms with Gasteiger partial charge in [-0.15, -0.1) is 0 Å². The quantitative estimate of drug-likeness (QED) is 0.615. The summed E-state index contributed by atoms with van der Waals surface area (Å²) in [6, 6.07) is 0. The minimum atomic E-state index is -0.287. The molecule has 0 aromatic carbocycles. The van der Waals surface area contributed by atoms with Crippen molar-refractivity contribution in [3.8, 4) is 0 Å². The fraction of sp³-hybridized carbons (Fsp3) is 1.00. The first-order chi connectivity index (χ1) is 7.01. The predicted molar refractivity (Wildman–Crippen MR) is 54.4 cm³/mol. The predicted octanol–water partition coefficient (Wildman–Crippen LogP) is 1.54. The minimum absolute atomic E-state index is 0.0801. The topological polar surface area (TPSA) is 36.9 Å². The number of ether oxygens (including phenoxy) is 4. The third-order valence-corrected chi connectivity index (χ3v) is 4.05. The molecular formula is C11H20O4. The lowest BCUT2D eigenvalue weighted by atomic mass is 9.66. The maximum atomic E-state index is 5.72. The Morgan fingerprint density at radius 2 is 1.60 bits per heavy atom. The van der Waals surface area contributed by atoms with Crippen LogP contribution in [0.25, 0.3) is 0 Å². The summed E-state index contributed by atoms with van der Waals surface area (Å²) in [6.07, 6.45) is 0.160. The second kappa shape index (κ2) is 3.70. The van der Waals surface area contributed by atoms with Gasteiger partial charge in [-0.25, -0.2) is 0 Å². The summed E-state index contributed by atoms with van der Waals surface area (Å²) in [6.45, 7) is 9.65. The molecule has 2 heterocycles. The van der Waals surface area contributed by atoms with Gasteiger partial charge in [0, 0.05) is 0 Å². The maximum absolute atomic E-state index is 5.72. The van der Waals surface area contributed by atoms with E-state index in [2.05, 4.69) is 27.7 Å². The van der Waals surface area contributed by atoms with Crippen molar-refractivity contribution < 1.29 is 18.9 Å². The van der Waals surface area contributed by atoms with Crippen LogP contribution in [0.5, 0.6) is 0 Å². The monoisotopic (exact) mass is 216 g/mol. The van der Waals surface area contributed by atoms with Gasteiger partial charge in [0.15, 0.2) is 0 Å². The molecule has 15 heavy (non-hydrogen) atoms. The third kappa shape index (κ3) is 1.51. The van der Waals surface area contributed by atoms with E-state index >= 15 is 0 Å². The fourth-order valence-corrected chi connectivity index (χ4v) is 2.79. The van der Waals surface area contributed by atoms with Crippen LogP contribution in [-0.4, -0.2) is 38.0 Å². The second-order valence-electron chi connectivity index (χ2n) is 4.90. The first-order valence-electron chi connectivity index (χ1n) is 5.45. The summed E-state index contributed by atoms with van der Waals surface area (Å²) < 4.78 is 22.4. The lowest BCUT2D eigenvalue weighted by Gasteiger charge is -2.56. The summed E-state index contributed by atoms with van der Waals surface area (Å²) >= 11 is 0. The summed E-state index contributed by atoms with van der Waals surface area (Å²) in [5.41, 5.74) is -0.506. The molecule has 2 aliphatic rings. The minimum Gasteiger partial charge on any atom is -0.355 e. The highest BCUT2D eigenvalue weighted by Gasteiger charge is 2.58. The Kier molecular flexibility index (Phi) is 2.79. The molecule has 0 radical (unpaired) electrons. The van der Waals surface area contributed by atoms with E-state index in [0.717, 1.165) is 0 Å². The first-order valence-corrected chi connectivity index (χ1v) is 5.45. The standard InChI is InChI=1S/C11H20O4/c1-8-11(5-12-6-13-8)9(2)14-7-15-10(11,3)4/h8-9H,5-7H2,1-4H3. The van der Waals surface area contributed by atoms with Gasteiger partial charge < -0.3 is 18.9 Å². The van der Waals surface area contributed by atoms with E-state index in [0.29, 0.717) is 20.2 Å². The SMILES string of the molecule is CC1OCOCC12C(C)OCOC2(C)C. The zero-order valence-electron chi connectivity index (χ0n) is 9.91. The number of hydrogen-bond donors (Lipinski definition) is 0. The van der Waals surface area contributed by atoms with Gasteiger partial charge in [-0.2, -0.15) is 0 Å². The largest absolute Gasteiger partial charge is 0.355 e. The molecule has 0 aromatic rings. The fourth-order valence-electron chi connectivity index (χ4n) is 2.79. The first kappa shape index (κ1) is 11.3. The molecule has 0 saturated carbocycles. The summed E-state index contributed by atoms with van der Waals surface area (Å²) in [7, 11) is 0. The van der Waals surface area contributed by atoms with E-state index < -0.39 is 0 Å². The molecule has 0 bridgehead atoms. The molecule has 1 spiro atoms. The average Bonchev–Trinajstić information content (AvgIpc) is 2.16. The van der Waals surface area contributed by atoms with Crippen molar-refractivity contribution in [2.24, 2.45) is 5.41 Å². The van der Waals surface area contributed by atoms with Crippen molar-refractivity contribution in [2.75, 3.05) is 20.2 Å². The molecule has 2 saturated heterocycles. The Hall–Kier alpha value is -0.160. The van der Waals surface area contributed by atoms with Crippen LogP contribution in [0.15, 0.2) is 0 Å². The normalized spacial score (nSPS) is 45.6. The van der Waals surface area contributed by atoms with Crippen molar-refractivity contribution in [1.82, 2.24) is 0 Å². The van der Waals surface area contributed by atoms with Crippen LogP contribution >= 0.6 is 0 Å². The van der Waals surface area contributed by atoms with Crippen molar-refractivity contribution in [3.05, 3.63) is 0 Å². The van der Waals surface area contributed by atoms with Crippen LogP contribution in [0.4, 0.5) is 0 Å². The molecule has 2 rings (SSSR count). The van der Waals surface area contributed by atoms with Crippen LogP contribution in [0.1, 0.15) is 27.7 Å². The van der Waals surface area contributed by atoms with Gasteiger partial charge in [0.1, 0.15) is 13.6 Å². The van der Waals surface area contributed by atoms with Gasteiger partial charge in [-0.1, -0.05) is 0 Å². The smallest absolute Gasteiger partial charge is 0.147 e. The number of hydrogen-bond acceptors (Lipinski definition) is 4. The molecule has 2 fully saturated rings. The molecule has 0 aliphatic carbocycles. The summed E-state index contributed by atoms with van der Waals surface area (Å²) in [5.74, 6) is 0. The Bertz CT molecular complexity index is 231. The highest BCUT2D eigenvalue weighted by molar-refractivity contribution is 5.05. The molecule has 3 unspecified atom stereocenters. The lowest BCUT2D eigenvalue weighted by Crippen LogP contribution is -2.66.